The van der Waals surface area contributed by atoms with E-state index < -0.39 is 0 Å². The highest BCUT2D eigenvalue weighted by atomic mass is 79.9. The maximum absolute atomic E-state index is 8.50. The molecular weight excluding hydrogens is 240 g/mol. The number of hydrogen-bond acceptors (Lipinski definition) is 2. The Morgan fingerprint density at radius 1 is 1.50 bits per heavy atom. The van der Waals surface area contributed by atoms with Crippen molar-refractivity contribution in [2.24, 2.45) is 0 Å². The van der Waals surface area contributed by atoms with Crippen LogP contribution in [-0.4, -0.2) is 13.6 Å². The van der Waals surface area contributed by atoms with Crippen LogP contribution in [0.4, 0.5) is 5.69 Å². The number of aryl methyl sites for hydroxylation is 1. The molecule has 0 aromatic heterocycles. The van der Waals surface area contributed by atoms with Crippen LogP contribution in [-0.2, 0) is 0 Å². The number of nitriles is 1. The molecule has 1 aromatic rings. The summed E-state index contributed by atoms with van der Waals surface area (Å²) in [6.07, 6.45) is 0.558. The Labute approximate surface area is 93.3 Å². The van der Waals surface area contributed by atoms with Gasteiger partial charge in [0.05, 0.1) is 12.5 Å². The van der Waals surface area contributed by atoms with Gasteiger partial charge in [0.25, 0.3) is 0 Å². The molecule has 0 amide bonds. The first-order valence-electron chi connectivity index (χ1n) is 4.49. The van der Waals surface area contributed by atoms with Gasteiger partial charge in [-0.2, -0.15) is 5.26 Å². The Hall–Kier alpha value is -1.01. The molecule has 0 aliphatic carbocycles. The lowest BCUT2D eigenvalue weighted by atomic mass is 10.2. The van der Waals surface area contributed by atoms with Crippen molar-refractivity contribution in [3.63, 3.8) is 0 Å². The fraction of sp³-hybridized carbons (Fsp3) is 0.364. The zero-order valence-corrected chi connectivity index (χ0v) is 10.0. The van der Waals surface area contributed by atoms with E-state index in [1.54, 1.807) is 0 Å². The number of halogens is 1. The van der Waals surface area contributed by atoms with Gasteiger partial charge < -0.3 is 4.90 Å². The Morgan fingerprint density at radius 3 is 2.86 bits per heavy atom. The molecule has 3 heteroatoms. The Kier molecular flexibility index (Phi) is 3.97. The lowest BCUT2D eigenvalue weighted by Crippen LogP contribution is -2.18. The molecule has 2 nitrogen and oxygen atoms in total. The van der Waals surface area contributed by atoms with Crippen molar-refractivity contribution in [3.8, 4) is 6.07 Å². The highest BCUT2D eigenvalue weighted by Gasteiger charge is 2.04. The predicted octanol–water partition coefficient (Wildman–Crippen LogP) is 3.11. The maximum Gasteiger partial charge on any atom is 0.0640 e. The van der Waals surface area contributed by atoms with Crippen LogP contribution in [0.1, 0.15) is 12.0 Å². The van der Waals surface area contributed by atoms with E-state index in [0.717, 1.165) is 11.0 Å². The van der Waals surface area contributed by atoms with Gasteiger partial charge in [-0.1, -0.05) is 22.0 Å². The molecule has 0 saturated carbocycles. The molecule has 0 aliphatic rings. The molecule has 0 aliphatic heterocycles. The summed E-state index contributed by atoms with van der Waals surface area (Å²) in [5.74, 6) is 0. The topological polar surface area (TPSA) is 27.0 Å². The summed E-state index contributed by atoms with van der Waals surface area (Å²) < 4.78 is 1.07. The van der Waals surface area contributed by atoms with E-state index in [2.05, 4.69) is 46.0 Å². The van der Waals surface area contributed by atoms with Crippen molar-refractivity contribution < 1.29 is 0 Å². The molecule has 1 aromatic carbocycles. The molecule has 0 unspecified atom stereocenters. The number of anilines is 1. The van der Waals surface area contributed by atoms with Crippen molar-refractivity contribution in [1.82, 2.24) is 0 Å². The van der Waals surface area contributed by atoms with Gasteiger partial charge >= 0.3 is 0 Å². The fourth-order valence-electron chi connectivity index (χ4n) is 1.33. The van der Waals surface area contributed by atoms with E-state index in [1.165, 1.54) is 11.3 Å². The van der Waals surface area contributed by atoms with E-state index in [4.69, 9.17) is 5.26 Å². The van der Waals surface area contributed by atoms with E-state index in [1.807, 2.05) is 13.1 Å². The molecule has 0 heterocycles. The zero-order valence-electron chi connectivity index (χ0n) is 8.42. The number of benzene rings is 1. The van der Waals surface area contributed by atoms with Crippen LogP contribution in [0.5, 0.6) is 0 Å². The third kappa shape index (κ3) is 2.74. The fourth-order valence-corrected chi connectivity index (χ4v) is 1.68. The van der Waals surface area contributed by atoms with Crippen molar-refractivity contribution in [1.29, 1.82) is 5.26 Å². The molecule has 14 heavy (non-hydrogen) atoms. The minimum Gasteiger partial charge on any atom is -0.373 e. The molecular formula is C11H13BrN2. The van der Waals surface area contributed by atoms with Crippen molar-refractivity contribution in [2.75, 3.05) is 18.5 Å². The van der Waals surface area contributed by atoms with Gasteiger partial charge in [0, 0.05) is 23.8 Å². The van der Waals surface area contributed by atoms with Crippen LogP contribution in [0.2, 0.25) is 0 Å². The van der Waals surface area contributed by atoms with Gasteiger partial charge in [-0.15, -0.1) is 0 Å². The normalized spacial score (nSPS) is 9.57. The summed E-state index contributed by atoms with van der Waals surface area (Å²) >= 11 is 3.44. The van der Waals surface area contributed by atoms with Crippen molar-refractivity contribution in [3.05, 3.63) is 28.2 Å². The monoisotopic (exact) mass is 252 g/mol. The number of hydrogen-bond donors (Lipinski definition) is 0. The van der Waals surface area contributed by atoms with Crippen LogP contribution in [0.3, 0.4) is 0 Å². The first-order chi connectivity index (χ1) is 6.65. The summed E-state index contributed by atoms with van der Waals surface area (Å²) in [5.41, 5.74) is 2.41. The molecule has 0 radical (unpaired) electrons. The molecule has 0 bridgehead atoms. The van der Waals surface area contributed by atoms with Gasteiger partial charge in [-0.25, -0.2) is 0 Å². The zero-order chi connectivity index (χ0) is 10.6. The smallest absolute Gasteiger partial charge is 0.0640 e. The molecule has 0 atom stereocenters. The molecule has 0 spiro atoms. The van der Waals surface area contributed by atoms with Crippen LogP contribution >= 0.6 is 15.9 Å². The number of nitrogens with zero attached hydrogens (tertiary/aromatic N) is 2. The molecule has 1 rings (SSSR count). The van der Waals surface area contributed by atoms with Gasteiger partial charge in [-0.05, 0) is 24.6 Å². The van der Waals surface area contributed by atoms with Gasteiger partial charge in [0.2, 0.25) is 0 Å². The summed E-state index contributed by atoms with van der Waals surface area (Å²) in [5, 5.41) is 8.50. The Morgan fingerprint density at radius 2 is 2.21 bits per heavy atom. The average molecular weight is 253 g/mol. The molecule has 0 saturated heterocycles. The van der Waals surface area contributed by atoms with E-state index in [0.29, 0.717) is 6.42 Å². The third-order valence-electron chi connectivity index (χ3n) is 2.14. The second-order valence-electron chi connectivity index (χ2n) is 3.26. The van der Waals surface area contributed by atoms with Gasteiger partial charge in [-0.3, -0.25) is 0 Å². The second kappa shape index (κ2) is 5.02. The van der Waals surface area contributed by atoms with Gasteiger partial charge in [0.15, 0.2) is 0 Å². The Balaban J connectivity index is 2.83. The van der Waals surface area contributed by atoms with Crippen LogP contribution in [0.15, 0.2) is 22.7 Å². The first kappa shape index (κ1) is 11.1. The summed E-state index contributed by atoms with van der Waals surface area (Å²) in [6, 6.07) is 8.32. The number of rotatable bonds is 3. The lowest BCUT2D eigenvalue weighted by Gasteiger charge is -2.20. The summed E-state index contributed by atoms with van der Waals surface area (Å²) in [7, 11) is 2.01. The van der Waals surface area contributed by atoms with Gasteiger partial charge in [0.1, 0.15) is 0 Å². The van der Waals surface area contributed by atoms with E-state index >= 15 is 0 Å². The third-order valence-corrected chi connectivity index (χ3v) is 2.63. The lowest BCUT2D eigenvalue weighted by molar-refractivity contribution is 0.900. The van der Waals surface area contributed by atoms with Crippen LogP contribution in [0, 0.1) is 18.3 Å². The van der Waals surface area contributed by atoms with Crippen molar-refractivity contribution >= 4 is 21.6 Å². The summed E-state index contributed by atoms with van der Waals surface area (Å²) in [6.45, 7) is 2.85. The van der Waals surface area contributed by atoms with Crippen LogP contribution < -0.4 is 4.90 Å². The van der Waals surface area contributed by atoms with E-state index in [-0.39, 0.29) is 0 Å². The van der Waals surface area contributed by atoms with E-state index in [9.17, 15) is 0 Å². The molecule has 74 valence electrons. The highest BCUT2D eigenvalue weighted by Crippen LogP contribution is 2.23. The van der Waals surface area contributed by atoms with Crippen molar-refractivity contribution in [2.45, 2.75) is 13.3 Å². The molecule has 0 fully saturated rings. The minimum atomic E-state index is 0.558. The quantitative estimate of drug-likeness (QED) is 0.827. The maximum atomic E-state index is 8.50. The SMILES string of the molecule is Cc1ccc(Br)cc1N(C)CCC#N. The second-order valence-corrected chi connectivity index (χ2v) is 4.18. The van der Waals surface area contributed by atoms with Crippen LogP contribution in [0.25, 0.3) is 0 Å². The molecule has 0 N–H and O–H groups in total. The Bertz CT molecular complexity index is 355. The average Bonchev–Trinajstić information content (AvgIpc) is 2.18. The predicted molar refractivity (Wildman–Crippen MR) is 62.4 cm³/mol. The standard InChI is InChI=1S/C11H13BrN2/c1-9-4-5-10(12)8-11(9)14(2)7-3-6-13/h4-5,8H,3,7H2,1-2H3. The first-order valence-corrected chi connectivity index (χ1v) is 5.28. The minimum absolute atomic E-state index is 0.558. The summed E-state index contributed by atoms with van der Waals surface area (Å²) in [4.78, 5) is 2.10. The highest BCUT2D eigenvalue weighted by molar-refractivity contribution is 9.10. The largest absolute Gasteiger partial charge is 0.373 e.